The second-order valence-corrected chi connectivity index (χ2v) is 4.89. The highest BCUT2D eigenvalue weighted by molar-refractivity contribution is 5.64. The van der Waals surface area contributed by atoms with Crippen LogP contribution in [0.15, 0.2) is 42.9 Å². The molecule has 1 aromatic carbocycles. The number of rotatable bonds is 1. The lowest BCUT2D eigenvalue weighted by atomic mass is 9.83. The van der Waals surface area contributed by atoms with Gasteiger partial charge in [-0.15, -0.1) is 0 Å². The van der Waals surface area contributed by atoms with Crippen LogP contribution in [0.3, 0.4) is 0 Å². The third-order valence-electron chi connectivity index (χ3n) is 2.59. The normalized spacial score (nSPS) is 11.4. The van der Waals surface area contributed by atoms with Crippen molar-refractivity contribution in [2.75, 3.05) is 0 Å². The summed E-state index contributed by atoms with van der Waals surface area (Å²) in [6, 6.07) is 10.4. The van der Waals surface area contributed by atoms with Crippen LogP contribution in [-0.2, 0) is 5.41 Å². The third-order valence-corrected chi connectivity index (χ3v) is 2.59. The van der Waals surface area contributed by atoms with Crippen LogP contribution in [0, 0.1) is 0 Å². The predicted molar refractivity (Wildman–Crippen MR) is 66.2 cm³/mol. The SMILES string of the molecule is CC(C)(C)c1ccccc1-c1ccncn1. The number of hydrogen-bond acceptors (Lipinski definition) is 2. The molecule has 1 heterocycles. The van der Waals surface area contributed by atoms with Crippen LogP contribution in [0.4, 0.5) is 0 Å². The zero-order chi connectivity index (χ0) is 11.6. The molecule has 82 valence electrons. The molecule has 0 aliphatic heterocycles. The van der Waals surface area contributed by atoms with Crippen molar-refractivity contribution in [3.63, 3.8) is 0 Å². The number of aromatic nitrogens is 2. The maximum Gasteiger partial charge on any atom is 0.116 e. The maximum absolute atomic E-state index is 4.31. The topological polar surface area (TPSA) is 25.8 Å². The summed E-state index contributed by atoms with van der Waals surface area (Å²) in [6.07, 6.45) is 3.37. The summed E-state index contributed by atoms with van der Waals surface area (Å²) in [4.78, 5) is 8.26. The van der Waals surface area contributed by atoms with Gasteiger partial charge in [-0.2, -0.15) is 0 Å². The van der Waals surface area contributed by atoms with Crippen molar-refractivity contribution in [2.45, 2.75) is 26.2 Å². The summed E-state index contributed by atoms with van der Waals surface area (Å²) in [7, 11) is 0. The van der Waals surface area contributed by atoms with E-state index in [0.29, 0.717) is 0 Å². The minimum atomic E-state index is 0.127. The molecule has 0 spiro atoms. The molecule has 0 amide bonds. The molecule has 2 rings (SSSR count). The summed E-state index contributed by atoms with van der Waals surface area (Å²) >= 11 is 0. The van der Waals surface area contributed by atoms with E-state index in [2.05, 4.69) is 48.9 Å². The fraction of sp³-hybridized carbons (Fsp3) is 0.286. The van der Waals surface area contributed by atoms with Gasteiger partial charge in [-0.3, -0.25) is 0 Å². The minimum absolute atomic E-state index is 0.127. The molecule has 0 bridgehead atoms. The zero-order valence-corrected chi connectivity index (χ0v) is 9.94. The third kappa shape index (κ3) is 2.11. The van der Waals surface area contributed by atoms with Gasteiger partial charge < -0.3 is 0 Å². The largest absolute Gasteiger partial charge is 0.245 e. The summed E-state index contributed by atoms with van der Waals surface area (Å²) in [5.74, 6) is 0. The Bertz CT molecular complexity index is 470. The van der Waals surface area contributed by atoms with E-state index in [9.17, 15) is 0 Å². The maximum atomic E-state index is 4.31. The van der Waals surface area contributed by atoms with Crippen LogP contribution in [0.2, 0.25) is 0 Å². The number of benzene rings is 1. The smallest absolute Gasteiger partial charge is 0.116 e. The van der Waals surface area contributed by atoms with E-state index in [1.54, 1.807) is 12.5 Å². The van der Waals surface area contributed by atoms with Crippen molar-refractivity contribution in [1.82, 2.24) is 9.97 Å². The lowest BCUT2D eigenvalue weighted by molar-refractivity contribution is 0.591. The molecule has 0 radical (unpaired) electrons. The van der Waals surface area contributed by atoms with Gasteiger partial charge in [0.15, 0.2) is 0 Å². The van der Waals surface area contributed by atoms with Crippen LogP contribution in [0.1, 0.15) is 26.3 Å². The monoisotopic (exact) mass is 212 g/mol. The Morgan fingerprint density at radius 1 is 1.00 bits per heavy atom. The first kappa shape index (κ1) is 10.8. The molecule has 0 atom stereocenters. The Morgan fingerprint density at radius 2 is 1.75 bits per heavy atom. The van der Waals surface area contributed by atoms with Crippen LogP contribution in [-0.4, -0.2) is 9.97 Å². The Hall–Kier alpha value is -1.70. The van der Waals surface area contributed by atoms with Crippen LogP contribution in [0.25, 0.3) is 11.3 Å². The standard InChI is InChI=1S/C14H16N2/c1-14(2,3)12-7-5-4-6-11(12)13-8-9-15-10-16-13/h4-10H,1-3H3. The van der Waals surface area contributed by atoms with Gasteiger partial charge >= 0.3 is 0 Å². The van der Waals surface area contributed by atoms with Crippen molar-refractivity contribution >= 4 is 0 Å². The summed E-state index contributed by atoms with van der Waals surface area (Å²) in [5.41, 5.74) is 3.62. The van der Waals surface area contributed by atoms with Gasteiger partial charge in [0, 0.05) is 11.8 Å². The highest BCUT2D eigenvalue weighted by Gasteiger charge is 2.18. The van der Waals surface area contributed by atoms with E-state index in [-0.39, 0.29) is 5.41 Å². The van der Waals surface area contributed by atoms with Gasteiger partial charge in [0.05, 0.1) is 5.69 Å². The van der Waals surface area contributed by atoms with Gasteiger partial charge in [-0.05, 0) is 17.0 Å². The first-order chi connectivity index (χ1) is 7.59. The molecule has 2 heteroatoms. The van der Waals surface area contributed by atoms with E-state index in [0.717, 1.165) is 5.69 Å². The number of hydrogen-bond donors (Lipinski definition) is 0. The quantitative estimate of drug-likeness (QED) is 0.723. The Morgan fingerprint density at radius 3 is 2.38 bits per heavy atom. The molecule has 2 aromatic rings. The molecule has 0 saturated carbocycles. The Kier molecular flexibility index (Phi) is 2.73. The Labute approximate surface area is 96.4 Å². The first-order valence-electron chi connectivity index (χ1n) is 5.45. The van der Waals surface area contributed by atoms with Gasteiger partial charge in [-0.25, -0.2) is 9.97 Å². The second kappa shape index (κ2) is 4.05. The lowest BCUT2D eigenvalue weighted by Gasteiger charge is -2.22. The van der Waals surface area contributed by atoms with Crippen molar-refractivity contribution in [2.24, 2.45) is 0 Å². The summed E-state index contributed by atoms with van der Waals surface area (Å²) in [5, 5.41) is 0. The van der Waals surface area contributed by atoms with Crippen LogP contribution in [0.5, 0.6) is 0 Å². The molecule has 1 aromatic heterocycles. The highest BCUT2D eigenvalue weighted by atomic mass is 14.8. The second-order valence-electron chi connectivity index (χ2n) is 4.89. The molecular weight excluding hydrogens is 196 g/mol. The number of nitrogens with zero attached hydrogens (tertiary/aromatic N) is 2. The molecule has 0 aliphatic carbocycles. The van der Waals surface area contributed by atoms with Gasteiger partial charge in [0.1, 0.15) is 6.33 Å². The average molecular weight is 212 g/mol. The minimum Gasteiger partial charge on any atom is -0.245 e. The predicted octanol–water partition coefficient (Wildman–Crippen LogP) is 3.44. The van der Waals surface area contributed by atoms with E-state index < -0.39 is 0 Å². The van der Waals surface area contributed by atoms with Crippen molar-refractivity contribution in [3.8, 4) is 11.3 Å². The van der Waals surface area contributed by atoms with E-state index >= 15 is 0 Å². The molecular formula is C14H16N2. The van der Waals surface area contributed by atoms with Gasteiger partial charge in [-0.1, -0.05) is 45.0 Å². The highest BCUT2D eigenvalue weighted by Crippen LogP contribution is 2.31. The molecule has 0 unspecified atom stereocenters. The van der Waals surface area contributed by atoms with E-state index in [4.69, 9.17) is 0 Å². The average Bonchev–Trinajstić information content (AvgIpc) is 2.29. The zero-order valence-electron chi connectivity index (χ0n) is 9.94. The van der Waals surface area contributed by atoms with Gasteiger partial charge in [0.2, 0.25) is 0 Å². The fourth-order valence-corrected chi connectivity index (χ4v) is 1.81. The molecule has 0 saturated heterocycles. The van der Waals surface area contributed by atoms with Crippen molar-refractivity contribution in [1.29, 1.82) is 0 Å². The summed E-state index contributed by atoms with van der Waals surface area (Å²) in [6.45, 7) is 6.65. The fourth-order valence-electron chi connectivity index (χ4n) is 1.81. The van der Waals surface area contributed by atoms with E-state index in [1.165, 1.54) is 11.1 Å². The van der Waals surface area contributed by atoms with Crippen LogP contribution < -0.4 is 0 Å². The first-order valence-corrected chi connectivity index (χ1v) is 5.45. The van der Waals surface area contributed by atoms with Crippen molar-refractivity contribution in [3.05, 3.63) is 48.4 Å². The molecule has 0 N–H and O–H groups in total. The molecule has 0 fully saturated rings. The Balaban J connectivity index is 2.58. The van der Waals surface area contributed by atoms with Crippen LogP contribution >= 0.6 is 0 Å². The molecule has 16 heavy (non-hydrogen) atoms. The molecule has 2 nitrogen and oxygen atoms in total. The lowest BCUT2D eigenvalue weighted by Crippen LogP contribution is -2.12. The van der Waals surface area contributed by atoms with E-state index in [1.807, 2.05) is 12.1 Å². The molecule has 0 aliphatic rings. The van der Waals surface area contributed by atoms with Gasteiger partial charge in [0.25, 0.3) is 0 Å². The summed E-state index contributed by atoms with van der Waals surface area (Å²) < 4.78 is 0. The van der Waals surface area contributed by atoms with Crippen molar-refractivity contribution < 1.29 is 0 Å².